The summed E-state index contributed by atoms with van der Waals surface area (Å²) in [4.78, 5) is 8.83. The van der Waals surface area contributed by atoms with E-state index in [1.54, 1.807) is 7.11 Å². The molecular weight excluding hydrogens is 406 g/mol. The minimum atomic E-state index is 0.472. The summed E-state index contributed by atoms with van der Waals surface area (Å²) in [5, 5.41) is 4.28. The SMILES string of the molecule is CC#Cc1cc(Nc2ncnc3cc(OCCOC)ccc23)cc(OCCOCC)c1C. The van der Waals surface area contributed by atoms with Crippen LogP contribution in [-0.2, 0) is 9.47 Å². The highest BCUT2D eigenvalue weighted by molar-refractivity contribution is 5.91. The molecule has 1 N–H and O–H groups in total. The van der Waals surface area contributed by atoms with Crippen LogP contribution in [0.4, 0.5) is 11.5 Å². The Bertz CT molecular complexity index is 1110. The first-order valence-electron chi connectivity index (χ1n) is 10.6. The van der Waals surface area contributed by atoms with E-state index in [-0.39, 0.29) is 0 Å². The molecule has 1 aromatic heterocycles. The Kier molecular flexibility index (Phi) is 8.67. The molecule has 3 rings (SSSR count). The maximum atomic E-state index is 5.96. The third-order valence-electron chi connectivity index (χ3n) is 4.74. The Morgan fingerprint density at radius 3 is 2.62 bits per heavy atom. The molecule has 0 aliphatic heterocycles. The van der Waals surface area contributed by atoms with E-state index in [1.807, 2.05) is 51.1 Å². The summed E-state index contributed by atoms with van der Waals surface area (Å²) in [6.07, 6.45) is 1.53. The molecule has 3 aromatic rings. The Morgan fingerprint density at radius 2 is 1.84 bits per heavy atom. The molecule has 1 heterocycles. The van der Waals surface area contributed by atoms with Crippen LogP contribution in [0.2, 0.25) is 0 Å². The number of benzene rings is 2. The van der Waals surface area contributed by atoms with E-state index in [9.17, 15) is 0 Å². The van der Waals surface area contributed by atoms with Gasteiger partial charge in [0.2, 0.25) is 0 Å². The average molecular weight is 436 g/mol. The first kappa shape index (κ1) is 23.3. The molecule has 0 saturated heterocycles. The second-order valence-electron chi connectivity index (χ2n) is 6.93. The van der Waals surface area contributed by atoms with Crippen LogP contribution >= 0.6 is 0 Å². The zero-order chi connectivity index (χ0) is 22.8. The second kappa shape index (κ2) is 11.9. The summed E-state index contributed by atoms with van der Waals surface area (Å²) in [5.41, 5.74) is 3.51. The number of anilines is 2. The van der Waals surface area contributed by atoms with Gasteiger partial charge in [0.05, 0.1) is 18.7 Å². The van der Waals surface area contributed by atoms with Crippen molar-refractivity contribution < 1.29 is 18.9 Å². The molecule has 32 heavy (non-hydrogen) atoms. The minimum Gasteiger partial charge on any atom is -0.491 e. The minimum absolute atomic E-state index is 0.472. The van der Waals surface area contributed by atoms with Crippen molar-refractivity contribution in [2.75, 3.05) is 45.5 Å². The number of aromatic nitrogens is 2. The highest BCUT2D eigenvalue weighted by atomic mass is 16.5. The number of hydrogen-bond acceptors (Lipinski definition) is 7. The first-order valence-corrected chi connectivity index (χ1v) is 10.6. The zero-order valence-corrected chi connectivity index (χ0v) is 19.0. The number of rotatable bonds is 11. The van der Waals surface area contributed by atoms with Crippen molar-refractivity contribution >= 4 is 22.4 Å². The van der Waals surface area contributed by atoms with Gasteiger partial charge >= 0.3 is 0 Å². The molecule has 0 saturated carbocycles. The van der Waals surface area contributed by atoms with Crippen LogP contribution in [0.25, 0.3) is 10.9 Å². The molecule has 0 spiro atoms. The molecule has 0 aliphatic carbocycles. The van der Waals surface area contributed by atoms with Crippen LogP contribution in [0.5, 0.6) is 11.5 Å². The summed E-state index contributed by atoms with van der Waals surface area (Å²) in [5.74, 6) is 8.31. The van der Waals surface area contributed by atoms with Gasteiger partial charge in [-0.05, 0) is 39.0 Å². The number of methoxy groups -OCH3 is 1. The van der Waals surface area contributed by atoms with Gasteiger partial charge in [-0.25, -0.2) is 9.97 Å². The maximum absolute atomic E-state index is 5.96. The predicted molar refractivity (Wildman–Crippen MR) is 126 cm³/mol. The number of nitrogens with one attached hydrogen (secondary N) is 1. The molecule has 2 aromatic carbocycles. The highest BCUT2D eigenvalue weighted by Gasteiger charge is 2.11. The van der Waals surface area contributed by atoms with Gasteiger partial charge in [-0.2, -0.15) is 0 Å². The number of nitrogens with zero attached hydrogens (tertiary/aromatic N) is 2. The Labute approximate surface area is 189 Å². The molecule has 0 amide bonds. The van der Waals surface area contributed by atoms with E-state index in [0.29, 0.717) is 38.9 Å². The Morgan fingerprint density at radius 1 is 1.00 bits per heavy atom. The van der Waals surface area contributed by atoms with Crippen LogP contribution in [-0.4, -0.2) is 50.1 Å². The van der Waals surface area contributed by atoms with Crippen molar-refractivity contribution in [2.24, 2.45) is 0 Å². The number of fused-ring (bicyclic) bond motifs is 1. The normalized spacial score (nSPS) is 10.5. The van der Waals surface area contributed by atoms with Gasteiger partial charge in [-0.3, -0.25) is 0 Å². The summed E-state index contributed by atoms with van der Waals surface area (Å²) >= 11 is 0. The standard InChI is InChI=1S/C25H29N3O4/c1-5-7-19-14-20(15-24(18(19)3)32-13-11-30-6-2)28-25-22-9-8-21(31-12-10-29-4)16-23(22)26-17-27-25/h8-9,14-17H,6,10-13H2,1-4H3,(H,26,27,28). The molecule has 0 fully saturated rings. The fraction of sp³-hybridized carbons (Fsp3) is 0.360. The zero-order valence-electron chi connectivity index (χ0n) is 19.0. The molecule has 0 radical (unpaired) electrons. The Hall–Kier alpha value is -3.34. The van der Waals surface area contributed by atoms with Gasteiger partial charge in [0.15, 0.2) is 0 Å². The molecule has 7 heteroatoms. The highest BCUT2D eigenvalue weighted by Crippen LogP contribution is 2.31. The lowest BCUT2D eigenvalue weighted by Crippen LogP contribution is -2.08. The van der Waals surface area contributed by atoms with E-state index in [2.05, 4.69) is 27.1 Å². The van der Waals surface area contributed by atoms with Gasteiger partial charge in [-0.15, -0.1) is 5.92 Å². The molecule has 0 unspecified atom stereocenters. The molecule has 7 nitrogen and oxygen atoms in total. The van der Waals surface area contributed by atoms with Crippen LogP contribution in [0.3, 0.4) is 0 Å². The number of hydrogen-bond donors (Lipinski definition) is 1. The summed E-state index contributed by atoms with van der Waals surface area (Å²) in [6.45, 7) is 8.47. The topological polar surface area (TPSA) is 74.7 Å². The van der Waals surface area contributed by atoms with E-state index in [4.69, 9.17) is 18.9 Å². The summed E-state index contributed by atoms with van der Waals surface area (Å²) in [6, 6.07) is 9.69. The fourth-order valence-corrected chi connectivity index (χ4v) is 3.13. The lowest BCUT2D eigenvalue weighted by molar-refractivity contribution is 0.110. The van der Waals surface area contributed by atoms with Crippen molar-refractivity contribution in [3.63, 3.8) is 0 Å². The Balaban J connectivity index is 1.87. The molecular formula is C25H29N3O4. The second-order valence-corrected chi connectivity index (χ2v) is 6.93. The smallest absolute Gasteiger partial charge is 0.141 e. The van der Waals surface area contributed by atoms with E-state index >= 15 is 0 Å². The molecule has 0 aliphatic rings. The predicted octanol–water partition coefficient (Wildman–Crippen LogP) is 4.49. The molecule has 168 valence electrons. The monoisotopic (exact) mass is 435 g/mol. The van der Waals surface area contributed by atoms with E-state index in [0.717, 1.165) is 39.2 Å². The largest absolute Gasteiger partial charge is 0.491 e. The van der Waals surface area contributed by atoms with Crippen molar-refractivity contribution in [1.29, 1.82) is 0 Å². The van der Waals surface area contributed by atoms with Gasteiger partial charge < -0.3 is 24.3 Å². The molecule has 0 atom stereocenters. The van der Waals surface area contributed by atoms with Crippen LogP contribution in [0, 0.1) is 18.8 Å². The van der Waals surface area contributed by atoms with Crippen molar-refractivity contribution in [1.82, 2.24) is 9.97 Å². The summed E-state index contributed by atoms with van der Waals surface area (Å²) < 4.78 is 22.1. The molecule has 0 bridgehead atoms. The van der Waals surface area contributed by atoms with Gasteiger partial charge in [0.25, 0.3) is 0 Å². The average Bonchev–Trinajstić information content (AvgIpc) is 2.80. The van der Waals surface area contributed by atoms with Gasteiger partial charge in [0, 0.05) is 48.0 Å². The van der Waals surface area contributed by atoms with E-state index < -0.39 is 0 Å². The van der Waals surface area contributed by atoms with Gasteiger partial charge in [-0.1, -0.05) is 5.92 Å². The lowest BCUT2D eigenvalue weighted by atomic mass is 10.1. The maximum Gasteiger partial charge on any atom is 0.141 e. The fourth-order valence-electron chi connectivity index (χ4n) is 3.13. The van der Waals surface area contributed by atoms with E-state index in [1.165, 1.54) is 6.33 Å². The van der Waals surface area contributed by atoms with Gasteiger partial charge in [0.1, 0.15) is 36.9 Å². The lowest BCUT2D eigenvalue weighted by Gasteiger charge is -2.15. The summed E-state index contributed by atoms with van der Waals surface area (Å²) in [7, 11) is 1.65. The van der Waals surface area contributed by atoms with Crippen molar-refractivity contribution in [3.8, 4) is 23.3 Å². The third-order valence-corrected chi connectivity index (χ3v) is 4.74. The van der Waals surface area contributed by atoms with Crippen LogP contribution in [0.15, 0.2) is 36.7 Å². The quantitative estimate of drug-likeness (QED) is 0.351. The van der Waals surface area contributed by atoms with Crippen molar-refractivity contribution in [3.05, 3.63) is 47.8 Å². The number of ether oxygens (including phenoxy) is 4. The first-order chi connectivity index (χ1) is 15.7. The third kappa shape index (κ3) is 6.10. The van der Waals surface area contributed by atoms with Crippen molar-refractivity contribution in [2.45, 2.75) is 20.8 Å². The van der Waals surface area contributed by atoms with Crippen LogP contribution < -0.4 is 14.8 Å². The van der Waals surface area contributed by atoms with Crippen LogP contribution in [0.1, 0.15) is 25.0 Å².